The minimum absolute atomic E-state index is 0.0396. The zero-order chi connectivity index (χ0) is 13.1. The summed E-state index contributed by atoms with van der Waals surface area (Å²) in [6.45, 7) is 0. The second-order valence-corrected chi connectivity index (χ2v) is 4.33. The fraction of sp³-hybridized carbons (Fsp3) is 0.100. The molecule has 92 valence electrons. The summed E-state index contributed by atoms with van der Waals surface area (Å²) < 4.78 is 13.4. The third kappa shape index (κ3) is 1.14. The Morgan fingerprint density at radius 1 is 1.11 bits per heavy atom. The van der Waals surface area contributed by atoms with E-state index in [9.17, 15) is 18.8 Å². The van der Waals surface area contributed by atoms with Crippen LogP contribution in [0.3, 0.4) is 0 Å². The molecule has 1 fully saturated rings. The van der Waals surface area contributed by atoms with Crippen molar-refractivity contribution in [3.63, 3.8) is 0 Å². The Bertz CT molecular complexity index is 633. The van der Waals surface area contributed by atoms with E-state index < -0.39 is 29.2 Å². The van der Waals surface area contributed by atoms with E-state index in [0.717, 1.165) is 6.07 Å². The van der Waals surface area contributed by atoms with Crippen molar-refractivity contribution in [1.82, 2.24) is 10.6 Å². The van der Waals surface area contributed by atoms with Gasteiger partial charge in [-0.1, -0.05) is 11.6 Å². The van der Waals surface area contributed by atoms with Gasteiger partial charge in [-0.2, -0.15) is 0 Å². The van der Waals surface area contributed by atoms with Gasteiger partial charge in [0.2, 0.25) is 5.54 Å². The number of amides is 4. The third-order valence-corrected chi connectivity index (χ3v) is 3.21. The smallest absolute Gasteiger partial charge is 0.323 e. The van der Waals surface area contributed by atoms with Crippen molar-refractivity contribution < 1.29 is 18.8 Å². The Kier molecular flexibility index (Phi) is 1.95. The Morgan fingerprint density at radius 2 is 1.78 bits per heavy atom. The predicted molar refractivity (Wildman–Crippen MR) is 58.4 cm³/mol. The van der Waals surface area contributed by atoms with Crippen LogP contribution in [-0.4, -0.2) is 17.8 Å². The number of hydrogen-bond acceptors (Lipinski definition) is 3. The van der Waals surface area contributed by atoms with Crippen molar-refractivity contribution in [2.45, 2.75) is 5.54 Å². The first-order valence-electron chi connectivity index (χ1n) is 4.90. The molecule has 4 amide bonds. The summed E-state index contributed by atoms with van der Waals surface area (Å²) in [4.78, 5) is 34.8. The molecule has 3 N–H and O–H groups in total. The zero-order valence-electron chi connectivity index (χ0n) is 8.64. The second-order valence-electron chi connectivity index (χ2n) is 3.92. The molecule has 6 nitrogen and oxygen atoms in total. The summed E-state index contributed by atoms with van der Waals surface area (Å²) >= 11 is 5.59. The maximum absolute atomic E-state index is 13.4. The largest absolute Gasteiger partial charge is 0.323 e. The van der Waals surface area contributed by atoms with Gasteiger partial charge < -0.3 is 10.6 Å². The SMILES string of the molecule is O=C1NC(=O)C2(N1)C(=O)Nc1cc(Cl)c(F)cc12. The van der Waals surface area contributed by atoms with Crippen LogP contribution in [0.15, 0.2) is 12.1 Å². The summed E-state index contributed by atoms with van der Waals surface area (Å²) in [5.41, 5.74) is -1.67. The monoisotopic (exact) mass is 269 g/mol. The first-order valence-corrected chi connectivity index (χ1v) is 5.27. The number of urea groups is 1. The summed E-state index contributed by atoms with van der Waals surface area (Å²) in [7, 11) is 0. The standard InChI is InChI=1S/C10H5ClFN3O3/c11-4-2-6-3(1-5(4)12)10(7(16)13-6)8(17)14-9(18)15-10/h1-2H,(H,13,16)(H2,14,15,17,18). The van der Waals surface area contributed by atoms with Crippen molar-refractivity contribution in [2.75, 3.05) is 5.32 Å². The number of carbonyl (C=O) groups excluding carboxylic acids is 3. The molecule has 0 saturated carbocycles. The summed E-state index contributed by atoms with van der Waals surface area (Å²) in [6, 6.07) is 1.34. The normalized spacial score (nSPS) is 24.9. The van der Waals surface area contributed by atoms with Gasteiger partial charge in [-0.15, -0.1) is 0 Å². The van der Waals surface area contributed by atoms with Crippen molar-refractivity contribution >= 4 is 35.1 Å². The highest BCUT2D eigenvalue weighted by Crippen LogP contribution is 2.40. The first-order chi connectivity index (χ1) is 8.45. The maximum Gasteiger partial charge on any atom is 0.323 e. The van der Waals surface area contributed by atoms with Gasteiger partial charge in [0, 0.05) is 11.3 Å². The van der Waals surface area contributed by atoms with Crippen LogP contribution >= 0.6 is 11.6 Å². The molecule has 0 bridgehead atoms. The Balaban J connectivity index is 2.27. The van der Waals surface area contributed by atoms with Gasteiger partial charge in [-0.05, 0) is 12.1 Å². The number of nitrogens with one attached hydrogen (secondary N) is 3. The lowest BCUT2D eigenvalue weighted by Crippen LogP contribution is -2.49. The number of imide groups is 1. The van der Waals surface area contributed by atoms with E-state index in [1.165, 1.54) is 6.07 Å². The van der Waals surface area contributed by atoms with E-state index in [0.29, 0.717) is 0 Å². The van der Waals surface area contributed by atoms with Crippen LogP contribution in [0.4, 0.5) is 14.9 Å². The highest BCUT2D eigenvalue weighted by Gasteiger charge is 2.58. The molecule has 0 radical (unpaired) electrons. The Labute approximate surface area is 104 Å². The molecule has 1 aromatic carbocycles. The van der Waals surface area contributed by atoms with Crippen molar-refractivity contribution in [1.29, 1.82) is 0 Å². The first kappa shape index (κ1) is 11.0. The quantitative estimate of drug-likeness (QED) is 0.472. The number of carbonyl (C=O) groups is 3. The van der Waals surface area contributed by atoms with Gasteiger partial charge in [0.1, 0.15) is 5.82 Å². The van der Waals surface area contributed by atoms with Crippen LogP contribution in [0.25, 0.3) is 0 Å². The number of halogens is 2. The molecule has 1 atom stereocenters. The minimum Gasteiger partial charge on any atom is -0.323 e. The van der Waals surface area contributed by atoms with Crippen molar-refractivity contribution in [3.8, 4) is 0 Å². The van der Waals surface area contributed by atoms with Crippen LogP contribution in [0, 0.1) is 5.82 Å². The average Bonchev–Trinajstić information content (AvgIpc) is 2.71. The number of hydrogen-bond donors (Lipinski definition) is 3. The van der Waals surface area contributed by atoms with Gasteiger partial charge in [0.25, 0.3) is 11.8 Å². The molecule has 0 aliphatic carbocycles. The van der Waals surface area contributed by atoms with E-state index in [4.69, 9.17) is 11.6 Å². The predicted octanol–water partition coefficient (Wildman–Crippen LogP) is 0.466. The molecular weight excluding hydrogens is 265 g/mol. The molecule has 3 rings (SSSR count). The lowest BCUT2D eigenvalue weighted by molar-refractivity contribution is -0.132. The molecule has 1 spiro atoms. The Morgan fingerprint density at radius 3 is 2.39 bits per heavy atom. The van der Waals surface area contributed by atoms with Gasteiger partial charge in [0.15, 0.2) is 0 Å². The van der Waals surface area contributed by atoms with Crippen molar-refractivity contribution in [3.05, 3.63) is 28.5 Å². The fourth-order valence-electron chi connectivity index (χ4n) is 2.10. The van der Waals surface area contributed by atoms with Crippen LogP contribution in [0.5, 0.6) is 0 Å². The number of benzene rings is 1. The van der Waals surface area contributed by atoms with Gasteiger partial charge in [0.05, 0.1) is 5.02 Å². The minimum atomic E-state index is -1.90. The summed E-state index contributed by atoms with van der Waals surface area (Å²) in [5, 5.41) is 6.36. The molecule has 1 saturated heterocycles. The molecule has 2 heterocycles. The maximum atomic E-state index is 13.4. The van der Waals surface area contributed by atoms with Crippen LogP contribution in [-0.2, 0) is 15.1 Å². The molecule has 8 heteroatoms. The van der Waals surface area contributed by atoms with Gasteiger partial charge >= 0.3 is 6.03 Å². The zero-order valence-corrected chi connectivity index (χ0v) is 9.39. The molecule has 2 aliphatic heterocycles. The molecule has 1 unspecified atom stereocenters. The molecule has 2 aliphatic rings. The van der Waals surface area contributed by atoms with Crippen LogP contribution < -0.4 is 16.0 Å². The lowest BCUT2D eigenvalue weighted by atomic mass is 9.91. The molecular formula is C10H5ClFN3O3. The average molecular weight is 270 g/mol. The van der Waals surface area contributed by atoms with Gasteiger partial charge in [-0.3, -0.25) is 14.9 Å². The third-order valence-electron chi connectivity index (χ3n) is 2.92. The lowest BCUT2D eigenvalue weighted by Gasteiger charge is -2.17. The van der Waals surface area contributed by atoms with E-state index in [2.05, 4.69) is 10.6 Å². The Hall–Kier alpha value is -2.15. The fourth-order valence-corrected chi connectivity index (χ4v) is 2.27. The number of anilines is 1. The molecule has 0 aromatic heterocycles. The number of rotatable bonds is 0. The van der Waals surface area contributed by atoms with E-state index in [1.54, 1.807) is 0 Å². The summed E-state index contributed by atoms with van der Waals surface area (Å²) in [5.74, 6) is -2.37. The highest BCUT2D eigenvalue weighted by molar-refractivity contribution is 6.32. The van der Waals surface area contributed by atoms with E-state index in [-0.39, 0.29) is 16.3 Å². The summed E-state index contributed by atoms with van der Waals surface area (Å²) in [6.07, 6.45) is 0. The molecule has 18 heavy (non-hydrogen) atoms. The number of fused-ring (bicyclic) bond motifs is 2. The van der Waals surface area contributed by atoms with E-state index in [1.807, 2.05) is 5.32 Å². The van der Waals surface area contributed by atoms with Gasteiger partial charge in [-0.25, -0.2) is 9.18 Å². The molecule has 1 aromatic rings. The van der Waals surface area contributed by atoms with Crippen LogP contribution in [0.2, 0.25) is 5.02 Å². The van der Waals surface area contributed by atoms with Crippen LogP contribution in [0.1, 0.15) is 5.56 Å². The van der Waals surface area contributed by atoms with Crippen molar-refractivity contribution in [2.24, 2.45) is 0 Å². The highest BCUT2D eigenvalue weighted by atomic mass is 35.5. The van der Waals surface area contributed by atoms with E-state index >= 15 is 0 Å². The second kappa shape index (κ2) is 3.20. The topological polar surface area (TPSA) is 87.3 Å².